The molecule has 1 aliphatic carbocycles. The molecule has 0 amide bonds. The Labute approximate surface area is 115 Å². The first kappa shape index (κ1) is 13.6. The standard InChI is InChI=1S/C15H16F2O3/c16-13-7-11(8-14(17)12(13)9-18)10-1-3-15(4-2-10)19-5-6-20-15/h7-10H,1-6H2. The Morgan fingerprint density at radius 3 is 2.15 bits per heavy atom. The highest BCUT2D eigenvalue weighted by Crippen LogP contribution is 2.42. The number of aldehydes is 1. The molecular weight excluding hydrogens is 266 g/mol. The number of carbonyl (C=O) groups is 1. The van der Waals surface area contributed by atoms with Gasteiger partial charge in [-0.1, -0.05) is 0 Å². The van der Waals surface area contributed by atoms with Crippen LogP contribution in [0.5, 0.6) is 0 Å². The van der Waals surface area contributed by atoms with Crippen LogP contribution >= 0.6 is 0 Å². The smallest absolute Gasteiger partial charge is 0.168 e. The predicted octanol–water partition coefficient (Wildman–Crippen LogP) is 3.18. The summed E-state index contributed by atoms with van der Waals surface area (Å²) < 4.78 is 38.5. The molecule has 1 spiro atoms. The fourth-order valence-electron chi connectivity index (χ4n) is 3.13. The van der Waals surface area contributed by atoms with E-state index in [1.807, 2.05) is 0 Å². The molecule has 0 atom stereocenters. The molecule has 1 saturated carbocycles. The van der Waals surface area contributed by atoms with Gasteiger partial charge in [0.1, 0.15) is 11.6 Å². The molecule has 2 fully saturated rings. The maximum absolute atomic E-state index is 13.6. The quantitative estimate of drug-likeness (QED) is 0.782. The van der Waals surface area contributed by atoms with E-state index in [1.54, 1.807) is 0 Å². The lowest BCUT2D eigenvalue weighted by Crippen LogP contribution is -2.34. The third kappa shape index (κ3) is 2.36. The van der Waals surface area contributed by atoms with Gasteiger partial charge < -0.3 is 9.47 Å². The summed E-state index contributed by atoms with van der Waals surface area (Å²) in [6.45, 7) is 1.23. The average Bonchev–Trinajstić information content (AvgIpc) is 2.87. The normalized spacial score (nSPS) is 22.3. The third-order valence-electron chi connectivity index (χ3n) is 4.25. The van der Waals surface area contributed by atoms with E-state index < -0.39 is 23.0 Å². The van der Waals surface area contributed by atoms with E-state index in [-0.39, 0.29) is 12.2 Å². The Kier molecular flexibility index (Phi) is 3.56. The monoisotopic (exact) mass is 282 g/mol. The van der Waals surface area contributed by atoms with Gasteiger partial charge in [-0.3, -0.25) is 4.79 Å². The number of ether oxygens (including phenoxy) is 2. The zero-order valence-corrected chi connectivity index (χ0v) is 11.0. The molecule has 5 heteroatoms. The highest BCUT2D eigenvalue weighted by Gasteiger charge is 2.40. The fourth-order valence-corrected chi connectivity index (χ4v) is 3.13. The molecule has 3 rings (SSSR count). The van der Waals surface area contributed by atoms with Gasteiger partial charge in [-0.2, -0.15) is 0 Å². The number of rotatable bonds is 2. The van der Waals surface area contributed by atoms with Gasteiger partial charge in [-0.25, -0.2) is 8.78 Å². The minimum absolute atomic E-state index is 0.0816. The van der Waals surface area contributed by atoms with E-state index in [4.69, 9.17) is 9.47 Å². The maximum Gasteiger partial charge on any atom is 0.168 e. The summed E-state index contributed by atoms with van der Waals surface area (Å²) >= 11 is 0. The topological polar surface area (TPSA) is 35.5 Å². The molecule has 0 N–H and O–H groups in total. The van der Waals surface area contributed by atoms with Crippen LogP contribution in [0.2, 0.25) is 0 Å². The number of halogens is 2. The molecule has 1 heterocycles. The van der Waals surface area contributed by atoms with E-state index >= 15 is 0 Å². The highest BCUT2D eigenvalue weighted by molar-refractivity contribution is 5.75. The zero-order valence-electron chi connectivity index (χ0n) is 11.0. The van der Waals surface area contributed by atoms with E-state index in [0.717, 1.165) is 25.7 Å². The first-order chi connectivity index (χ1) is 9.63. The number of hydrogen-bond donors (Lipinski definition) is 0. The molecule has 0 bridgehead atoms. The molecule has 1 aromatic carbocycles. The number of carbonyl (C=O) groups excluding carboxylic acids is 1. The first-order valence-corrected chi connectivity index (χ1v) is 6.85. The van der Waals surface area contributed by atoms with Crippen molar-refractivity contribution < 1.29 is 23.0 Å². The first-order valence-electron chi connectivity index (χ1n) is 6.85. The molecule has 1 saturated heterocycles. The van der Waals surface area contributed by atoms with Gasteiger partial charge in [0, 0.05) is 12.8 Å². The van der Waals surface area contributed by atoms with E-state index in [0.29, 0.717) is 18.8 Å². The van der Waals surface area contributed by atoms with Crippen LogP contribution in [-0.4, -0.2) is 25.3 Å². The zero-order chi connectivity index (χ0) is 14.2. The van der Waals surface area contributed by atoms with Crippen molar-refractivity contribution in [2.45, 2.75) is 37.4 Å². The second-order valence-electron chi connectivity index (χ2n) is 5.40. The Morgan fingerprint density at radius 2 is 1.65 bits per heavy atom. The summed E-state index contributed by atoms with van der Waals surface area (Å²) in [5.41, 5.74) is 0.113. The van der Waals surface area contributed by atoms with Gasteiger partial charge in [-0.15, -0.1) is 0 Å². The van der Waals surface area contributed by atoms with Crippen molar-refractivity contribution in [2.75, 3.05) is 13.2 Å². The lowest BCUT2D eigenvalue weighted by molar-refractivity contribution is -0.178. The van der Waals surface area contributed by atoms with E-state index in [2.05, 4.69) is 0 Å². The SMILES string of the molecule is O=Cc1c(F)cc(C2CCC3(CC2)OCCO3)cc1F. The van der Waals surface area contributed by atoms with Crippen molar-refractivity contribution in [3.8, 4) is 0 Å². The molecule has 108 valence electrons. The van der Waals surface area contributed by atoms with Crippen molar-refractivity contribution >= 4 is 6.29 Å². The maximum atomic E-state index is 13.6. The summed E-state index contributed by atoms with van der Waals surface area (Å²) in [4.78, 5) is 10.6. The Bertz CT molecular complexity index is 491. The van der Waals surface area contributed by atoms with Gasteiger partial charge in [0.25, 0.3) is 0 Å². The molecule has 0 unspecified atom stereocenters. The molecule has 1 aromatic rings. The lowest BCUT2D eigenvalue weighted by atomic mass is 9.80. The van der Waals surface area contributed by atoms with Gasteiger partial charge in [-0.05, 0) is 36.5 Å². The van der Waals surface area contributed by atoms with Crippen LogP contribution in [0.15, 0.2) is 12.1 Å². The molecule has 1 aliphatic heterocycles. The fraction of sp³-hybridized carbons (Fsp3) is 0.533. The van der Waals surface area contributed by atoms with Crippen molar-refractivity contribution in [3.63, 3.8) is 0 Å². The Hall–Kier alpha value is -1.33. The van der Waals surface area contributed by atoms with Gasteiger partial charge in [0.2, 0.25) is 0 Å². The largest absolute Gasteiger partial charge is 0.348 e. The van der Waals surface area contributed by atoms with Crippen LogP contribution < -0.4 is 0 Å². The van der Waals surface area contributed by atoms with Crippen LogP contribution in [0.1, 0.15) is 47.5 Å². The molecular formula is C15H16F2O3. The average molecular weight is 282 g/mol. The van der Waals surface area contributed by atoms with Crippen LogP contribution in [0, 0.1) is 11.6 Å². The summed E-state index contributed by atoms with van der Waals surface area (Å²) in [5, 5.41) is 0. The minimum Gasteiger partial charge on any atom is -0.348 e. The van der Waals surface area contributed by atoms with Crippen LogP contribution in [0.25, 0.3) is 0 Å². The van der Waals surface area contributed by atoms with Crippen LogP contribution in [-0.2, 0) is 9.47 Å². The second-order valence-corrected chi connectivity index (χ2v) is 5.40. The Morgan fingerprint density at radius 1 is 1.10 bits per heavy atom. The molecule has 0 radical (unpaired) electrons. The molecule has 20 heavy (non-hydrogen) atoms. The van der Waals surface area contributed by atoms with Crippen molar-refractivity contribution in [3.05, 3.63) is 34.9 Å². The lowest BCUT2D eigenvalue weighted by Gasteiger charge is -2.35. The highest BCUT2D eigenvalue weighted by atomic mass is 19.1. The third-order valence-corrected chi connectivity index (χ3v) is 4.25. The van der Waals surface area contributed by atoms with E-state index in [9.17, 15) is 13.6 Å². The number of benzene rings is 1. The summed E-state index contributed by atoms with van der Waals surface area (Å²) in [7, 11) is 0. The molecule has 2 aliphatic rings. The van der Waals surface area contributed by atoms with Crippen molar-refractivity contribution in [1.82, 2.24) is 0 Å². The van der Waals surface area contributed by atoms with Crippen LogP contribution in [0.4, 0.5) is 8.78 Å². The van der Waals surface area contributed by atoms with Crippen molar-refractivity contribution in [1.29, 1.82) is 0 Å². The Balaban J connectivity index is 1.76. The van der Waals surface area contributed by atoms with Gasteiger partial charge in [0.15, 0.2) is 12.1 Å². The minimum atomic E-state index is -0.788. The van der Waals surface area contributed by atoms with Gasteiger partial charge >= 0.3 is 0 Å². The van der Waals surface area contributed by atoms with E-state index in [1.165, 1.54) is 12.1 Å². The summed E-state index contributed by atoms with van der Waals surface area (Å²) in [6, 6.07) is 2.54. The summed E-state index contributed by atoms with van der Waals surface area (Å²) in [5.74, 6) is -1.97. The predicted molar refractivity (Wildman–Crippen MR) is 67.6 cm³/mol. The van der Waals surface area contributed by atoms with Crippen LogP contribution in [0.3, 0.4) is 0 Å². The second kappa shape index (κ2) is 5.22. The van der Waals surface area contributed by atoms with Crippen molar-refractivity contribution in [2.24, 2.45) is 0 Å². The molecule has 3 nitrogen and oxygen atoms in total. The molecule has 0 aromatic heterocycles. The summed E-state index contributed by atoms with van der Waals surface area (Å²) in [6.07, 6.45) is 3.20. The number of hydrogen-bond acceptors (Lipinski definition) is 3. The van der Waals surface area contributed by atoms with Gasteiger partial charge in [0.05, 0.1) is 18.8 Å².